The number of ether oxygens (including phenoxy) is 1. The Labute approximate surface area is 108 Å². The molecule has 3 rings (SSSR count). The van der Waals surface area contributed by atoms with E-state index in [2.05, 4.69) is 42.9 Å². The molecule has 3 heteroatoms. The van der Waals surface area contributed by atoms with Gasteiger partial charge in [0.2, 0.25) is 5.90 Å². The van der Waals surface area contributed by atoms with Crippen LogP contribution in [-0.2, 0) is 4.74 Å². The number of aromatic nitrogens is 1. The van der Waals surface area contributed by atoms with Crippen LogP contribution in [0.3, 0.4) is 0 Å². The Kier molecular flexibility index (Phi) is 2.65. The quantitative estimate of drug-likeness (QED) is 0.801. The summed E-state index contributed by atoms with van der Waals surface area (Å²) in [7, 11) is 0. The van der Waals surface area contributed by atoms with Crippen LogP contribution in [0.25, 0.3) is 0 Å². The summed E-state index contributed by atoms with van der Waals surface area (Å²) in [5.74, 6) is 1.39. The molecule has 96 valence electrons. The zero-order chi connectivity index (χ0) is 12.8. The summed E-state index contributed by atoms with van der Waals surface area (Å²) in [5.41, 5.74) is 2.24. The molecular formula is C15H20N2O. The van der Waals surface area contributed by atoms with Gasteiger partial charge in [-0.2, -0.15) is 0 Å². The molecule has 0 amide bonds. The summed E-state index contributed by atoms with van der Waals surface area (Å²) in [5, 5.41) is 0. The average Bonchev–Trinajstić information content (AvgIpc) is 3.04. The summed E-state index contributed by atoms with van der Waals surface area (Å²) in [6.45, 7) is 7.26. The molecule has 1 saturated carbocycles. The summed E-state index contributed by atoms with van der Waals surface area (Å²) in [6.07, 6.45) is 2.54. The van der Waals surface area contributed by atoms with E-state index in [9.17, 15) is 0 Å². The van der Waals surface area contributed by atoms with Crippen LogP contribution in [0.5, 0.6) is 0 Å². The molecule has 1 aliphatic heterocycles. The maximum Gasteiger partial charge on any atom is 0.235 e. The monoisotopic (exact) mass is 244 g/mol. The van der Waals surface area contributed by atoms with Gasteiger partial charge in [0.05, 0.1) is 6.04 Å². The van der Waals surface area contributed by atoms with Crippen LogP contribution < -0.4 is 0 Å². The van der Waals surface area contributed by atoms with Crippen LogP contribution in [0.2, 0.25) is 0 Å². The number of rotatable bonds is 2. The zero-order valence-corrected chi connectivity index (χ0v) is 11.3. The van der Waals surface area contributed by atoms with Crippen molar-refractivity contribution in [3.05, 3.63) is 29.6 Å². The molecule has 0 saturated heterocycles. The van der Waals surface area contributed by atoms with E-state index in [1.54, 1.807) is 0 Å². The number of pyridine rings is 1. The fraction of sp³-hybridized carbons (Fsp3) is 0.600. The average molecular weight is 244 g/mol. The summed E-state index contributed by atoms with van der Waals surface area (Å²) in [6, 6.07) is 6.40. The van der Waals surface area contributed by atoms with E-state index < -0.39 is 0 Å². The van der Waals surface area contributed by atoms with Gasteiger partial charge in [0, 0.05) is 11.6 Å². The van der Waals surface area contributed by atoms with E-state index >= 15 is 0 Å². The van der Waals surface area contributed by atoms with Gasteiger partial charge < -0.3 is 4.74 Å². The molecule has 0 aromatic carbocycles. The van der Waals surface area contributed by atoms with Crippen molar-refractivity contribution in [1.82, 2.24) is 4.98 Å². The Hall–Kier alpha value is -1.38. The molecule has 0 N–H and O–H groups in total. The second-order valence-electron chi connectivity index (χ2n) is 6.35. The fourth-order valence-corrected chi connectivity index (χ4v) is 2.13. The largest absolute Gasteiger partial charge is 0.474 e. The lowest BCUT2D eigenvalue weighted by atomic mass is 9.88. The molecule has 1 fully saturated rings. The van der Waals surface area contributed by atoms with E-state index in [4.69, 9.17) is 4.74 Å². The van der Waals surface area contributed by atoms with Crippen LogP contribution in [0.1, 0.15) is 50.9 Å². The van der Waals surface area contributed by atoms with E-state index in [0.29, 0.717) is 12.5 Å². The molecule has 0 bridgehead atoms. The molecule has 1 atom stereocenters. The molecule has 1 aliphatic carbocycles. The predicted octanol–water partition coefficient (Wildman–Crippen LogP) is 3.15. The molecule has 0 spiro atoms. The molecule has 1 aromatic rings. The number of nitrogens with zero attached hydrogens (tertiary/aromatic N) is 2. The fourth-order valence-electron chi connectivity index (χ4n) is 2.13. The zero-order valence-electron chi connectivity index (χ0n) is 11.3. The lowest BCUT2D eigenvalue weighted by Crippen LogP contribution is -2.25. The lowest BCUT2D eigenvalue weighted by Gasteiger charge is -2.21. The van der Waals surface area contributed by atoms with Crippen molar-refractivity contribution in [1.29, 1.82) is 0 Å². The van der Waals surface area contributed by atoms with Gasteiger partial charge in [-0.1, -0.05) is 26.8 Å². The van der Waals surface area contributed by atoms with Gasteiger partial charge in [-0.3, -0.25) is 0 Å². The van der Waals surface area contributed by atoms with Crippen molar-refractivity contribution in [2.75, 3.05) is 6.61 Å². The highest BCUT2D eigenvalue weighted by Crippen LogP contribution is 2.39. The van der Waals surface area contributed by atoms with Gasteiger partial charge in [-0.15, -0.1) is 0 Å². The second-order valence-corrected chi connectivity index (χ2v) is 6.35. The predicted molar refractivity (Wildman–Crippen MR) is 71.9 cm³/mol. The normalized spacial score (nSPS) is 23.7. The first kappa shape index (κ1) is 11.7. The molecule has 1 unspecified atom stereocenters. The summed E-state index contributed by atoms with van der Waals surface area (Å²) < 4.78 is 5.72. The maximum absolute atomic E-state index is 5.72. The van der Waals surface area contributed by atoms with Gasteiger partial charge in [0.25, 0.3) is 0 Å². The van der Waals surface area contributed by atoms with E-state index in [1.807, 2.05) is 6.07 Å². The molecule has 3 nitrogen and oxygen atoms in total. The van der Waals surface area contributed by atoms with E-state index in [-0.39, 0.29) is 11.5 Å². The third-order valence-electron chi connectivity index (χ3n) is 3.64. The van der Waals surface area contributed by atoms with Crippen LogP contribution in [0.15, 0.2) is 23.2 Å². The minimum Gasteiger partial charge on any atom is -0.474 e. The Morgan fingerprint density at radius 2 is 2.00 bits per heavy atom. The van der Waals surface area contributed by atoms with Crippen molar-refractivity contribution in [2.24, 2.45) is 10.4 Å². The highest BCUT2D eigenvalue weighted by atomic mass is 16.5. The number of hydrogen-bond donors (Lipinski definition) is 0. The molecule has 2 aliphatic rings. The van der Waals surface area contributed by atoms with E-state index in [0.717, 1.165) is 11.6 Å². The van der Waals surface area contributed by atoms with Gasteiger partial charge in [-0.25, -0.2) is 9.98 Å². The molecular weight excluding hydrogens is 224 g/mol. The van der Waals surface area contributed by atoms with Gasteiger partial charge in [0.1, 0.15) is 12.3 Å². The Bertz CT molecular complexity index is 484. The molecule has 2 heterocycles. The summed E-state index contributed by atoms with van der Waals surface area (Å²) >= 11 is 0. The van der Waals surface area contributed by atoms with Gasteiger partial charge >= 0.3 is 0 Å². The van der Waals surface area contributed by atoms with Crippen molar-refractivity contribution in [3.63, 3.8) is 0 Å². The second kappa shape index (κ2) is 4.08. The Morgan fingerprint density at radius 3 is 2.61 bits per heavy atom. The van der Waals surface area contributed by atoms with Crippen LogP contribution in [-0.4, -0.2) is 23.5 Å². The molecule has 0 radical (unpaired) electrons. The Balaban J connectivity index is 1.85. The topological polar surface area (TPSA) is 34.5 Å². The molecule has 18 heavy (non-hydrogen) atoms. The van der Waals surface area contributed by atoms with Crippen molar-refractivity contribution in [3.8, 4) is 0 Å². The Morgan fingerprint density at radius 1 is 1.22 bits per heavy atom. The minimum absolute atomic E-state index is 0.149. The van der Waals surface area contributed by atoms with Gasteiger partial charge in [-0.05, 0) is 30.4 Å². The third-order valence-corrected chi connectivity index (χ3v) is 3.64. The highest BCUT2D eigenvalue weighted by molar-refractivity contribution is 5.93. The first-order chi connectivity index (χ1) is 8.54. The SMILES string of the molecule is CC(C)(C)C1COC(c2cccc(C3CC3)n2)=N1. The summed E-state index contributed by atoms with van der Waals surface area (Å²) in [4.78, 5) is 9.36. The highest BCUT2D eigenvalue weighted by Gasteiger charge is 2.31. The van der Waals surface area contributed by atoms with Crippen molar-refractivity contribution < 1.29 is 4.74 Å². The number of hydrogen-bond acceptors (Lipinski definition) is 3. The first-order valence-electron chi connectivity index (χ1n) is 6.72. The van der Waals surface area contributed by atoms with E-state index in [1.165, 1.54) is 18.5 Å². The number of aliphatic imine (C=N–C) groups is 1. The van der Waals surface area contributed by atoms with Crippen LogP contribution in [0.4, 0.5) is 0 Å². The lowest BCUT2D eigenvalue weighted by molar-refractivity contribution is 0.235. The molecule has 1 aromatic heterocycles. The van der Waals surface area contributed by atoms with Crippen LogP contribution >= 0.6 is 0 Å². The maximum atomic E-state index is 5.72. The van der Waals surface area contributed by atoms with Crippen molar-refractivity contribution >= 4 is 5.90 Å². The standard InChI is InChI=1S/C15H20N2O/c1-15(2,3)13-9-18-14(17-13)12-6-4-5-11(16-12)10-7-8-10/h4-6,10,13H,7-9H2,1-3H3. The van der Waals surface area contributed by atoms with Crippen molar-refractivity contribution in [2.45, 2.75) is 45.6 Å². The smallest absolute Gasteiger partial charge is 0.235 e. The minimum atomic E-state index is 0.149. The van der Waals surface area contributed by atoms with Crippen LogP contribution in [0, 0.1) is 5.41 Å². The van der Waals surface area contributed by atoms with Gasteiger partial charge in [0.15, 0.2) is 0 Å². The first-order valence-corrected chi connectivity index (χ1v) is 6.72. The third kappa shape index (κ3) is 2.26.